The van der Waals surface area contributed by atoms with Gasteiger partial charge in [0.15, 0.2) is 5.78 Å². The van der Waals surface area contributed by atoms with E-state index in [1.165, 1.54) is 26.4 Å². The van der Waals surface area contributed by atoms with Crippen molar-refractivity contribution >= 4 is 39.9 Å². The van der Waals surface area contributed by atoms with Crippen LogP contribution in [0.3, 0.4) is 0 Å². The highest BCUT2D eigenvalue weighted by Crippen LogP contribution is 2.34. The largest absolute Gasteiger partial charge is 0.496 e. The molecule has 6 heteroatoms. The Morgan fingerprint density at radius 2 is 1.38 bits per heavy atom. The van der Waals surface area contributed by atoms with Crippen LogP contribution >= 0.6 is 0 Å². The fourth-order valence-corrected chi connectivity index (χ4v) is 4.36. The number of methoxy groups -OCH3 is 2. The van der Waals surface area contributed by atoms with Crippen molar-refractivity contribution < 1.29 is 18.7 Å². The van der Waals surface area contributed by atoms with Gasteiger partial charge in [-0.1, -0.05) is 66.8 Å². The van der Waals surface area contributed by atoms with Crippen LogP contribution in [0.4, 0.5) is 17.1 Å². The molecule has 0 bridgehead atoms. The van der Waals surface area contributed by atoms with Gasteiger partial charge in [-0.2, -0.15) is 0 Å². The van der Waals surface area contributed by atoms with E-state index in [0.717, 1.165) is 22.6 Å². The third kappa shape index (κ3) is 5.71. The van der Waals surface area contributed by atoms with E-state index in [2.05, 4.69) is 41.3 Å². The zero-order chi connectivity index (χ0) is 27.9. The number of carbonyl (C=O) groups excluding carboxylic acids is 1. The first-order valence-electron chi connectivity index (χ1n) is 12.7. The van der Waals surface area contributed by atoms with Gasteiger partial charge in [0.1, 0.15) is 22.6 Å². The maximum atomic E-state index is 12.8. The average molecular weight is 530 g/mol. The van der Waals surface area contributed by atoms with Crippen LogP contribution in [0.15, 0.2) is 131 Å². The van der Waals surface area contributed by atoms with Crippen molar-refractivity contribution in [1.29, 1.82) is 0 Å². The Bertz CT molecular complexity index is 1700. The van der Waals surface area contributed by atoms with E-state index in [1.54, 1.807) is 24.3 Å². The summed E-state index contributed by atoms with van der Waals surface area (Å²) in [6.45, 7) is 0. The third-order valence-corrected chi connectivity index (χ3v) is 6.34. The molecule has 1 aromatic heterocycles. The van der Waals surface area contributed by atoms with Crippen LogP contribution in [0.1, 0.15) is 15.9 Å². The van der Waals surface area contributed by atoms with Crippen molar-refractivity contribution in [2.24, 2.45) is 0 Å². The normalized spacial score (nSPS) is 11.2. The lowest BCUT2D eigenvalue weighted by Crippen LogP contribution is -2.12. The molecular weight excluding hydrogens is 502 g/mol. The van der Waals surface area contributed by atoms with Gasteiger partial charge in [-0.25, -0.2) is 4.79 Å². The molecule has 5 aromatic rings. The van der Waals surface area contributed by atoms with Gasteiger partial charge in [0.2, 0.25) is 0 Å². The third-order valence-electron chi connectivity index (χ3n) is 6.34. The first-order chi connectivity index (χ1) is 19.6. The van der Waals surface area contributed by atoms with Gasteiger partial charge in [0.05, 0.1) is 19.6 Å². The second kappa shape index (κ2) is 12.0. The number of benzene rings is 4. The topological polar surface area (TPSA) is 69.0 Å². The van der Waals surface area contributed by atoms with Crippen molar-refractivity contribution in [3.8, 4) is 11.5 Å². The fraction of sp³-hybridized carbons (Fsp3) is 0.0588. The molecule has 0 aliphatic heterocycles. The van der Waals surface area contributed by atoms with Crippen LogP contribution in [0.25, 0.3) is 17.0 Å². The van der Waals surface area contributed by atoms with Gasteiger partial charge in [-0.05, 0) is 54.1 Å². The van der Waals surface area contributed by atoms with Gasteiger partial charge in [-0.3, -0.25) is 4.79 Å². The molecule has 0 N–H and O–H groups in total. The number of allylic oxidation sites excluding steroid dienone is 3. The van der Waals surface area contributed by atoms with Crippen LogP contribution < -0.4 is 20.0 Å². The van der Waals surface area contributed by atoms with Gasteiger partial charge in [-0.15, -0.1) is 0 Å². The number of anilines is 3. The second-order valence-corrected chi connectivity index (χ2v) is 8.87. The standard InChI is InChI=1S/C34H27NO5/c1-38-28-21-32(39-2)30-23-29(34(37)40-33(30)22-28)31(36)16-10-9-11-24-17-19-27(20-18-24)35(25-12-5-3-6-13-25)26-14-7-4-8-15-26/h3-23H,1-2H3. The minimum atomic E-state index is -0.724. The van der Waals surface area contributed by atoms with E-state index in [4.69, 9.17) is 13.9 Å². The predicted molar refractivity (Wildman–Crippen MR) is 159 cm³/mol. The maximum Gasteiger partial charge on any atom is 0.347 e. The molecule has 0 atom stereocenters. The summed E-state index contributed by atoms with van der Waals surface area (Å²) in [6.07, 6.45) is 6.59. The van der Waals surface area contributed by atoms with E-state index in [0.29, 0.717) is 16.9 Å². The maximum absolute atomic E-state index is 12.8. The number of fused-ring (bicyclic) bond motifs is 1. The van der Waals surface area contributed by atoms with Crippen LogP contribution in [0, 0.1) is 0 Å². The molecule has 6 nitrogen and oxygen atoms in total. The van der Waals surface area contributed by atoms with Crippen LogP contribution in [-0.2, 0) is 0 Å². The lowest BCUT2D eigenvalue weighted by Gasteiger charge is -2.25. The minimum Gasteiger partial charge on any atom is -0.496 e. The van der Waals surface area contributed by atoms with Crippen molar-refractivity contribution in [3.05, 3.63) is 143 Å². The summed E-state index contributed by atoms with van der Waals surface area (Å²) in [5.74, 6) is 0.463. The Labute approximate surface area is 232 Å². The molecular formula is C34H27NO5. The second-order valence-electron chi connectivity index (χ2n) is 8.87. The van der Waals surface area contributed by atoms with E-state index >= 15 is 0 Å². The molecule has 0 aliphatic rings. The molecule has 0 radical (unpaired) electrons. The summed E-state index contributed by atoms with van der Waals surface area (Å²) in [5, 5.41) is 0.510. The Morgan fingerprint density at radius 1 is 0.750 bits per heavy atom. The molecule has 0 saturated heterocycles. The fourth-order valence-electron chi connectivity index (χ4n) is 4.36. The van der Waals surface area contributed by atoms with Crippen molar-refractivity contribution in [3.63, 3.8) is 0 Å². The number of carbonyl (C=O) groups is 1. The van der Waals surface area contributed by atoms with Crippen LogP contribution in [0.2, 0.25) is 0 Å². The Balaban J connectivity index is 1.33. The number of para-hydroxylation sites is 2. The summed E-state index contributed by atoms with van der Waals surface area (Å²) in [4.78, 5) is 27.5. The summed E-state index contributed by atoms with van der Waals surface area (Å²) >= 11 is 0. The minimum absolute atomic E-state index is 0.0770. The summed E-state index contributed by atoms with van der Waals surface area (Å²) in [6, 6.07) is 33.2. The monoisotopic (exact) mass is 529 g/mol. The van der Waals surface area contributed by atoms with Crippen molar-refractivity contribution in [2.75, 3.05) is 19.1 Å². The van der Waals surface area contributed by atoms with Gasteiger partial charge < -0.3 is 18.8 Å². The number of hydrogen-bond acceptors (Lipinski definition) is 6. The predicted octanol–water partition coefficient (Wildman–Crippen LogP) is 7.73. The first-order valence-corrected chi connectivity index (χ1v) is 12.7. The Kier molecular flexibility index (Phi) is 7.88. The summed E-state index contributed by atoms with van der Waals surface area (Å²) < 4.78 is 16.0. The number of rotatable bonds is 9. The lowest BCUT2D eigenvalue weighted by atomic mass is 10.1. The molecule has 0 spiro atoms. The molecule has 0 saturated carbocycles. The van der Waals surface area contributed by atoms with Crippen LogP contribution in [0.5, 0.6) is 11.5 Å². The summed E-state index contributed by atoms with van der Waals surface area (Å²) in [5.41, 5.74) is 3.59. The highest BCUT2D eigenvalue weighted by atomic mass is 16.5. The van der Waals surface area contributed by atoms with E-state index < -0.39 is 11.4 Å². The number of ketones is 1. The first kappa shape index (κ1) is 26.3. The van der Waals surface area contributed by atoms with Gasteiger partial charge in [0, 0.05) is 29.2 Å². The molecule has 0 amide bonds. The number of hydrogen-bond donors (Lipinski definition) is 0. The van der Waals surface area contributed by atoms with Crippen LogP contribution in [-0.4, -0.2) is 20.0 Å². The van der Waals surface area contributed by atoms with Gasteiger partial charge in [0.25, 0.3) is 0 Å². The molecule has 40 heavy (non-hydrogen) atoms. The highest BCUT2D eigenvalue weighted by Gasteiger charge is 2.15. The number of nitrogens with zero attached hydrogens (tertiary/aromatic N) is 1. The molecule has 0 aliphatic carbocycles. The SMILES string of the molecule is COc1cc(OC)c2cc(C(=O)C=CC=Cc3ccc(N(c4ccccc4)c4ccccc4)cc3)c(=O)oc2c1. The van der Waals surface area contributed by atoms with E-state index in [-0.39, 0.29) is 11.1 Å². The summed E-state index contributed by atoms with van der Waals surface area (Å²) in [7, 11) is 3.01. The molecule has 4 aromatic carbocycles. The smallest absolute Gasteiger partial charge is 0.347 e. The molecule has 198 valence electrons. The van der Waals surface area contributed by atoms with Crippen molar-refractivity contribution in [1.82, 2.24) is 0 Å². The highest BCUT2D eigenvalue weighted by molar-refractivity contribution is 6.06. The van der Waals surface area contributed by atoms with Gasteiger partial charge >= 0.3 is 5.63 Å². The van der Waals surface area contributed by atoms with E-state index in [1.807, 2.05) is 54.6 Å². The Morgan fingerprint density at radius 3 is 1.98 bits per heavy atom. The van der Waals surface area contributed by atoms with E-state index in [9.17, 15) is 9.59 Å². The molecule has 0 fully saturated rings. The lowest BCUT2D eigenvalue weighted by molar-refractivity contribution is 0.104. The number of ether oxygens (including phenoxy) is 2. The average Bonchev–Trinajstić information content (AvgIpc) is 3.00. The Hall–Kier alpha value is -5.36. The zero-order valence-electron chi connectivity index (χ0n) is 22.1. The quantitative estimate of drug-likeness (QED) is 0.0842. The van der Waals surface area contributed by atoms with Crippen molar-refractivity contribution in [2.45, 2.75) is 0 Å². The molecule has 5 rings (SSSR count). The molecule has 0 unspecified atom stereocenters. The zero-order valence-corrected chi connectivity index (χ0v) is 22.1. The molecule has 1 heterocycles.